The van der Waals surface area contributed by atoms with Gasteiger partial charge in [0.2, 0.25) is 11.8 Å². The number of hydrogen-bond donors (Lipinski definition) is 1. The number of allylic oxidation sites excluding steroid dienone is 2. The minimum absolute atomic E-state index is 0.124. The van der Waals surface area contributed by atoms with Crippen molar-refractivity contribution in [1.82, 2.24) is 10.2 Å². The van der Waals surface area contributed by atoms with Gasteiger partial charge in [-0.15, -0.1) is 0 Å². The molecule has 0 spiro atoms. The molecule has 0 radical (unpaired) electrons. The summed E-state index contributed by atoms with van der Waals surface area (Å²) in [5.41, 5.74) is 0. The number of imide groups is 1. The molecule has 2 fully saturated rings. The maximum absolute atomic E-state index is 12.4. The van der Waals surface area contributed by atoms with Crippen LogP contribution in [0.3, 0.4) is 0 Å². The zero-order valence-electron chi connectivity index (χ0n) is 15.8. The van der Waals surface area contributed by atoms with Crippen molar-refractivity contribution in [2.24, 2.45) is 11.8 Å². The molecule has 0 aromatic rings. The zero-order valence-corrected chi connectivity index (χ0v) is 15.8. The Labute approximate surface area is 159 Å². The van der Waals surface area contributed by atoms with E-state index in [0.29, 0.717) is 12.8 Å². The van der Waals surface area contributed by atoms with Gasteiger partial charge < -0.3 is 10.1 Å². The summed E-state index contributed by atoms with van der Waals surface area (Å²) >= 11 is 0. The van der Waals surface area contributed by atoms with E-state index in [9.17, 15) is 19.2 Å². The van der Waals surface area contributed by atoms with Crippen LogP contribution in [0.2, 0.25) is 0 Å². The maximum Gasteiger partial charge on any atom is 0.326 e. The molecule has 2 aliphatic carbocycles. The number of carbonyl (C=O) groups excluding carboxylic acids is 4. The molecule has 0 unspecified atom stereocenters. The molecule has 3 aliphatic rings. The molecule has 1 aliphatic heterocycles. The lowest BCUT2D eigenvalue weighted by Gasteiger charge is -2.20. The van der Waals surface area contributed by atoms with Crippen molar-refractivity contribution >= 4 is 23.7 Å². The smallest absolute Gasteiger partial charge is 0.326 e. The van der Waals surface area contributed by atoms with E-state index < -0.39 is 18.6 Å². The second-order valence-corrected chi connectivity index (χ2v) is 7.75. The highest BCUT2D eigenvalue weighted by Gasteiger charge is 2.47. The van der Waals surface area contributed by atoms with Gasteiger partial charge in [0.15, 0.2) is 6.10 Å². The molecule has 0 aromatic heterocycles. The van der Waals surface area contributed by atoms with E-state index in [0.717, 1.165) is 30.6 Å². The van der Waals surface area contributed by atoms with Crippen LogP contribution in [0.5, 0.6) is 0 Å². The van der Waals surface area contributed by atoms with Crippen molar-refractivity contribution in [3.05, 3.63) is 12.2 Å². The lowest BCUT2D eigenvalue weighted by Crippen LogP contribution is -2.43. The number of carbonyl (C=O) groups is 4. The van der Waals surface area contributed by atoms with Crippen LogP contribution >= 0.6 is 0 Å². The van der Waals surface area contributed by atoms with Crippen LogP contribution in [0.15, 0.2) is 12.2 Å². The number of nitrogens with one attached hydrogen (secondary N) is 1. The van der Waals surface area contributed by atoms with E-state index >= 15 is 0 Å². The summed E-state index contributed by atoms with van der Waals surface area (Å²) in [7, 11) is 0. The molecule has 27 heavy (non-hydrogen) atoms. The second-order valence-electron chi connectivity index (χ2n) is 7.75. The van der Waals surface area contributed by atoms with Crippen LogP contribution in [-0.2, 0) is 23.9 Å². The number of likely N-dealkylation sites (tertiary alicyclic amines) is 1. The van der Waals surface area contributed by atoms with Crippen molar-refractivity contribution in [2.75, 3.05) is 6.54 Å². The van der Waals surface area contributed by atoms with E-state index in [1.165, 1.54) is 19.8 Å². The Morgan fingerprint density at radius 2 is 1.63 bits per heavy atom. The Morgan fingerprint density at radius 3 is 2.19 bits per heavy atom. The van der Waals surface area contributed by atoms with Crippen molar-refractivity contribution in [3.8, 4) is 0 Å². The molecule has 1 N–H and O–H groups in total. The van der Waals surface area contributed by atoms with Crippen LogP contribution in [0.1, 0.15) is 58.3 Å². The number of ether oxygens (including phenoxy) is 1. The number of nitrogens with zero attached hydrogens (tertiary/aromatic N) is 1. The molecule has 0 bridgehead atoms. The van der Waals surface area contributed by atoms with Gasteiger partial charge in [-0.05, 0) is 32.6 Å². The van der Waals surface area contributed by atoms with Gasteiger partial charge in [-0.25, -0.2) is 0 Å². The van der Waals surface area contributed by atoms with E-state index in [1.54, 1.807) is 0 Å². The minimum atomic E-state index is -0.947. The third-order valence-electron chi connectivity index (χ3n) is 5.77. The summed E-state index contributed by atoms with van der Waals surface area (Å²) in [6.45, 7) is 1.09. The predicted octanol–water partition coefficient (Wildman–Crippen LogP) is 1.71. The Morgan fingerprint density at radius 1 is 1.07 bits per heavy atom. The highest BCUT2D eigenvalue weighted by Crippen LogP contribution is 2.34. The lowest BCUT2D eigenvalue weighted by atomic mass is 9.85. The lowest BCUT2D eigenvalue weighted by molar-refractivity contribution is -0.159. The van der Waals surface area contributed by atoms with Crippen LogP contribution in [0.25, 0.3) is 0 Å². The fourth-order valence-electron chi connectivity index (χ4n) is 4.18. The quantitative estimate of drug-likeness (QED) is 0.341. The van der Waals surface area contributed by atoms with Crippen molar-refractivity contribution in [2.45, 2.75) is 70.4 Å². The van der Waals surface area contributed by atoms with Gasteiger partial charge in [-0.3, -0.25) is 24.1 Å². The fraction of sp³-hybridized carbons (Fsp3) is 0.700. The Bertz CT molecular complexity index is 610. The third kappa shape index (κ3) is 4.57. The molecule has 3 rings (SSSR count). The predicted molar refractivity (Wildman–Crippen MR) is 97.3 cm³/mol. The Kier molecular flexibility index (Phi) is 6.29. The maximum atomic E-state index is 12.4. The van der Waals surface area contributed by atoms with Gasteiger partial charge in [0.05, 0.1) is 11.8 Å². The van der Waals surface area contributed by atoms with Gasteiger partial charge in [-0.1, -0.05) is 37.8 Å². The molecule has 1 saturated heterocycles. The van der Waals surface area contributed by atoms with Crippen molar-refractivity contribution < 1.29 is 23.9 Å². The van der Waals surface area contributed by atoms with Crippen molar-refractivity contribution in [1.29, 1.82) is 0 Å². The molecule has 1 heterocycles. The molecule has 3 amide bonds. The number of fused-ring (bicyclic) bond motifs is 1. The summed E-state index contributed by atoms with van der Waals surface area (Å²) in [6, 6.07) is 0.124. The van der Waals surface area contributed by atoms with Crippen LogP contribution in [0, 0.1) is 11.8 Å². The third-order valence-corrected chi connectivity index (χ3v) is 5.77. The molecule has 0 aromatic carbocycles. The molecular formula is C20H28N2O5. The van der Waals surface area contributed by atoms with Crippen LogP contribution in [0.4, 0.5) is 0 Å². The highest BCUT2D eigenvalue weighted by molar-refractivity contribution is 6.07. The second kappa shape index (κ2) is 8.67. The number of rotatable bonds is 5. The van der Waals surface area contributed by atoms with Crippen molar-refractivity contribution in [3.63, 3.8) is 0 Å². The summed E-state index contributed by atoms with van der Waals surface area (Å²) in [6.07, 6.45) is 10.4. The molecule has 3 atom stereocenters. The summed E-state index contributed by atoms with van der Waals surface area (Å²) in [5.74, 6) is -2.43. The number of hydrogen-bond acceptors (Lipinski definition) is 5. The molecule has 148 valence electrons. The van der Waals surface area contributed by atoms with E-state index in [-0.39, 0.29) is 35.6 Å². The minimum Gasteiger partial charge on any atom is -0.451 e. The molecular weight excluding hydrogens is 348 g/mol. The number of esters is 1. The Hall–Kier alpha value is -2.18. The number of amides is 3. The standard InChI is InChI=1S/C20H28N2O5/c1-13(18(24)21-14-8-4-2-3-5-9-14)27-17(23)12-22-19(25)15-10-6-7-11-16(15)20(22)26/h6-7,13-16H,2-5,8-12H2,1H3,(H,21,24)/t13-,15-,16-/m0/s1. The molecule has 7 heteroatoms. The summed E-state index contributed by atoms with van der Waals surface area (Å²) < 4.78 is 5.18. The molecule has 1 saturated carbocycles. The summed E-state index contributed by atoms with van der Waals surface area (Å²) in [4.78, 5) is 50.2. The molecule has 7 nitrogen and oxygen atoms in total. The largest absolute Gasteiger partial charge is 0.451 e. The average molecular weight is 376 g/mol. The van der Waals surface area contributed by atoms with Gasteiger partial charge in [0.1, 0.15) is 6.54 Å². The van der Waals surface area contributed by atoms with E-state index in [2.05, 4.69) is 5.32 Å². The normalized spacial score (nSPS) is 27.1. The monoisotopic (exact) mass is 376 g/mol. The SMILES string of the molecule is C[C@H](OC(=O)CN1C(=O)[C@H]2CC=CC[C@@H]2C1=O)C(=O)NC1CCCCCC1. The van der Waals surface area contributed by atoms with E-state index in [1.807, 2.05) is 12.2 Å². The first-order chi connectivity index (χ1) is 13.0. The summed E-state index contributed by atoms with van der Waals surface area (Å²) in [5, 5.41) is 2.94. The fourth-order valence-corrected chi connectivity index (χ4v) is 4.18. The van der Waals surface area contributed by atoms with Crippen LogP contribution < -0.4 is 5.32 Å². The first kappa shape index (κ1) is 19.6. The first-order valence-corrected chi connectivity index (χ1v) is 9.97. The average Bonchev–Trinajstić information content (AvgIpc) is 2.84. The first-order valence-electron chi connectivity index (χ1n) is 9.97. The van der Waals surface area contributed by atoms with Gasteiger partial charge in [0.25, 0.3) is 5.91 Å². The highest BCUT2D eigenvalue weighted by atomic mass is 16.5. The van der Waals surface area contributed by atoms with E-state index in [4.69, 9.17) is 4.74 Å². The zero-order chi connectivity index (χ0) is 19.4. The Balaban J connectivity index is 1.49. The van der Waals surface area contributed by atoms with Gasteiger partial charge in [-0.2, -0.15) is 0 Å². The van der Waals surface area contributed by atoms with Gasteiger partial charge >= 0.3 is 5.97 Å². The van der Waals surface area contributed by atoms with Gasteiger partial charge in [0, 0.05) is 6.04 Å². The van der Waals surface area contributed by atoms with Crippen LogP contribution in [-0.4, -0.2) is 47.3 Å². The topological polar surface area (TPSA) is 92.8 Å².